The maximum atomic E-state index is 13.1. The van der Waals surface area contributed by atoms with Crippen molar-refractivity contribution in [2.75, 3.05) is 13.7 Å². The van der Waals surface area contributed by atoms with Crippen LogP contribution in [-0.2, 0) is 13.2 Å². The number of carbonyl (C=O) groups is 1. The molecule has 3 aromatic carbocycles. The molecule has 0 aliphatic rings. The van der Waals surface area contributed by atoms with E-state index in [1.807, 2.05) is 77.7 Å². The second kappa shape index (κ2) is 11.1. The number of unbranched alkanes of at least 4 members (excludes halogenated alkanes) is 1. The van der Waals surface area contributed by atoms with Crippen LogP contribution in [0.5, 0.6) is 11.5 Å². The number of hydrogen-bond donors (Lipinski definition) is 0. The molecule has 30 heavy (non-hydrogen) atoms. The van der Waals surface area contributed by atoms with Gasteiger partial charge in [-0.2, -0.15) is 0 Å². The number of benzene rings is 3. The van der Waals surface area contributed by atoms with E-state index in [0.717, 1.165) is 36.3 Å². The van der Waals surface area contributed by atoms with E-state index in [0.29, 0.717) is 24.5 Å². The average Bonchev–Trinajstić information content (AvgIpc) is 2.81. The lowest BCUT2D eigenvalue weighted by Gasteiger charge is -2.23. The molecule has 0 saturated heterocycles. The van der Waals surface area contributed by atoms with E-state index in [1.54, 1.807) is 13.2 Å². The van der Waals surface area contributed by atoms with Gasteiger partial charge in [-0.15, -0.1) is 0 Å². The molecule has 0 aliphatic heterocycles. The van der Waals surface area contributed by atoms with E-state index in [4.69, 9.17) is 9.47 Å². The molecule has 0 radical (unpaired) electrons. The van der Waals surface area contributed by atoms with E-state index in [2.05, 4.69) is 6.92 Å². The minimum atomic E-state index is 0.0201. The molecule has 156 valence electrons. The Hall–Kier alpha value is -3.27. The van der Waals surface area contributed by atoms with E-state index < -0.39 is 0 Å². The lowest BCUT2D eigenvalue weighted by atomic mass is 10.1. The molecule has 1 amide bonds. The predicted octanol–water partition coefficient (Wildman–Crippen LogP) is 5.72. The van der Waals surface area contributed by atoms with Crippen molar-refractivity contribution in [1.82, 2.24) is 4.90 Å². The van der Waals surface area contributed by atoms with Gasteiger partial charge in [0.15, 0.2) is 0 Å². The Morgan fingerprint density at radius 3 is 2.33 bits per heavy atom. The van der Waals surface area contributed by atoms with E-state index in [9.17, 15) is 4.79 Å². The van der Waals surface area contributed by atoms with Crippen molar-refractivity contribution in [3.05, 3.63) is 95.6 Å². The Balaban J connectivity index is 1.65. The zero-order chi connectivity index (χ0) is 21.2. The van der Waals surface area contributed by atoms with Crippen LogP contribution in [-0.4, -0.2) is 24.5 Å². The van der Waals surface area contributed by atoms with Gasteiger partial charge < -0.3 is 14.4 Å². The summed E-state index contributed by atoms with van der Waals surface area (Å²) in [6, 6.07) is 25.4. The van der Waals surface area contributed by atoms with Gasteiger partial charge in [0.25, 0.3) is 5.91 Å². The van der Waals surface area contributed by atoms with Gasteiger partial charge in [0.1, 0.15) is 18.1 Å². The number of hydrogen-bond acceptors (Lipinski definition) is 3. The summed E-state index contributed by atoms with van der Waals surface area (Å²) in [6.45, 7) is 3.96. The summed E-state index contributed by atoms with van der Waals surface area (Å²) in [4.78, 5) is 15.0. The lowest BCUT2D eigenvalue weighted by Crippen LogP contribution is -2.31. The number of amides is 1. The Morgan fingerprint density at radius 2 is 1.63 bits per heavy atom. The number of carbonyl (C=O) groups excluding carboxylic acids is 1. The molecule has 0 bridgehead atoms. The third-order valence-corrected chi connectivity index (χ3v) is 4.93. The SMILES string of the molecule is CCCCN(Cc1ccc(OCc2ccccc2)cc1)C(=O)c1cccc(OC)c1. The Labute approximate surface area is 179 Å². The number of ether oxygens (including phenoxy) is 2. The van der Waals surface area contributed by atoms with Gasteiger partial charge in [-0.05, 0) is 47.9 Å². The summed E-state index contributed by atoms with van der Waals surface area (Å²) in [5.41, 5.74) is 2.86. The van der Waals surface area contributed by atoms with Crippen LogP contribution in [0.15, 0.2) is 78.9 Å². The highest BCUT2D eigenvalue weighted by molar-refractivity contribution is 5.94. The van der Waals surface area contributed by atoms with Crippen LogP contribution in [0.4, 0.5) is 0 Å². The van der Waals surface area contributed by atoms with Crippen LogP contribution in [0.3, 0.4) is 0 Å². The third-order valence-electron chi connectivity index (χ3n) is 4.93. The second-order valence-corrected chi connectivity index (χ2v) is 7.23. The largest absolute Gasteiger partial charge is 0.497 e. The molecule has 4 nitrogen and oxygen atoms in total. The molecule has 0 saturated carbocycles. The highest BCUT2D eigenvalue weighted by Crippen LogP contribution is 2.19. The topological polar surface area (TPSA) is 38.8 Å². The number of methoxy groups -OCH3 is 1. The van der Waals surface area contributed by atoms with Crippen LogP contribution in [0.1, 0.15) is 41.3 Å². The smallest absolute Gasteiger partial charge is 0.254 e. The maximum absolute atomic E-state index is 13.1. The summed E-state index contributed by atoms with van der Waals surface area (Å²) >= 11 is 0. The highest BCUT2D eigenvalue weighted by Gasteiger charge is 2.16. The summed E-state index contributed by atoms with van der Waals surface area (Å²) < 4.78 is 11.1. The fourth-order valence-electron chi connectivity index (χ4n) is 3.19. The standard InChI is InChI=1S/C26H29NO3/c1-3-4-17-27(26(28)23-11-8-12-25(18-23)29-2)19-21-13-15-24(16-14-21)30-20-22-9-6-5-7-10-22/h5-16,18H,3-4,17,19-20H2,1-2H3. The zero-order valence-electron chi connectivity index (χ0n) is 17.7. The summed E-state index contributed by atoms with van der Waals surface area (Å²) in [6.07, 6.45) is 2.00. The van der Waals surface area contributed by atoms with Gasteiger partial charge in [-0.25, -0.2) is 0 Å². The predicted molar refractivity (Wildman–Crippen MR) is 120 cm³/mol. The van der Waals surface area contributed by atoms with Gasteiger partial charge in [-0.3, -0.25) is 4.79 Å². The van der Waals surface area contributed by atoms with Crippen molar-refractivity contribution in [3.8, 4) is 11.5 Å². The second-order valence-electron chi connectivity index (χ2n) is 7.23. The first kappa shape index (κ1) is 21.4. The van der Waals surface area contributed by atoms with Crippen molar-refractivity contribution >= 4 is 5.91 Å². The fourth-order valence-corrected chi connectivity index (χ4v) is 3.19. The summed E-state index contributed by atoms with van der Waals surface area (Å²) in [5, 5.41) is 0. The first-order valence-corrected chi connectivity index (χ1v) is 10.4. The van der Waals surface area contributed by atoms with Crippen molar-refractivity contribution in [2.45, 2.75) is 32.9 Å². The quantitative estimate of drug-likeness (QED) is 0.435. The zero-order valence-corrected chi connectivity index (χ0v) is 17.7. The third kappa shape index (κ3) is 6.11. The minimum Gasteiger partial charge on any atom is -0.497 e. The number of nitrogens with zero attached hydrogens (tertiary/aromatic N) is 1. The first-order valence-electron chi connectivity index (χ1n) is 10.4. The first-order chi connectivity index (χ1) is 14.7. The fraction of sp³-hybridized carbons (Fsp3) is 0.269. The van der Waals surface area contributed by atoms with Gasteiger partial charge in [0.05, 0.1) is 7.11 Å². The molecular weight excluding hydrogens is 374 g/mol. The van der Waals surface area contributed by atoms with Gasteiger partial charge >= 0.3 is 0 Å². The van der Waals surface area contributed by atoms with Gasteiger partial charge in [0.2, 0.25) is 0 Å². The van der Waals surface area contributed by atoms with E-state index in [1.165, 1.54) is 0 Å². The molecule has 0 spiro atoms. The molecule has 0 aliphatic carbocycles. The van der Waals surface area contributed by atoms with Crippen LogP contribution in [0.25, 0.3) is 0 Å². The van der Waals surface area contributed by atoms with Crippen LogP contribution >= 0.6 is 0 Å². The molecule has 0 fully saturated rings. The molecule has 0 N–H and O–H groups in total. The summed E-state index contributed by atoms with van der Waals surface area (Å²) in [7, 11) is 1.61. The molecule has 3 aromatic rings. The highest BCUT2D eigenvalue weighted by atomic mass is 16.5. The molecule has 3 rings (SSSR count). The monoisotopic (exact) mass is 403 g/mol. The number of rotatable bonds is 10. The van der Waals surface area contributed by atoms with Crippen molar-refractivity contribution < 1.29 is 14.3 Å². The Morgan fingerprint density at radius 1 is 0.867 bits per heavy atom. The van der Waals surface area contributed by atoms with Crippen LogP contribution < -0.4 is 9.47 Å². The van der Waals surface area contributed by atoms with Crippen LogP contribution in [0.2, 0.25) is 0 Å². The van der Waals surface area contributed by atoms with Gasteiger partial charge in [-0.1, -0.05) is 61.9 Å². The van der Waals surface area contributed by atoms with E-state index >= 15 is 0 Å². The van der Waals surface area contributed by atoms with Crippen molar-refractivity contribution in [1.29, 1.82) is 0 Å². The molecule has 4 heteroatoms. The summed E-state index contributed by atoms with van der Waals surface area (Å²) in [5.74, 6) is 1.53. The molecule has 0 heterocycles. The molecular formula is C26H29NO3. The average molecular weight is 404 g/mol. The molecule has 0 aromatic heterocycles. The van der Waals surface area contributed by atoms with Crippen molar-refractivity contribution in [2.24, 2.45) is 0 Å². The van der Waals surface area contributed by atoms with Gasteiger partial charge in [0, 0.05) is 18.7 Å². The lowest BCUT2D eigenvalue weighted by molar-refractivity contribution is 0.0740. The Kier molecular flexibility index (Phi) is 7.90. The minimum absolute atomic E-state index is 0.0201. The van der Waals surface area contributed by atoms with E-state index in [-0.39, 0.29) is 5.91 Å². The molecule has 0 atom stereocenters. The maximum Gasteiger partial charge on any atom is 0.254 e. The Bertz CT molecular complexity index is 923. The normalized spacial score (nSPS) is 10.5. The van der Waals surface area contributed by atoms with Crippen molar-refractivity contribution in [3.63, 3.8) is 0 Å². The molecule has 0 unspecified atom stereocenters. The van der Waals surface area contributed by atoms with Crippen LogP contribution in [0, 0.1) is 0 Å².